The topological polar surface area (TPSA) is 37.3 Å². The van der Waals surface area contributed by atoms with Crippen LogP contribution in [0.5, 0.6) is 0 Å². The first-order chi connectivity index (χ1) is 12.7. The van der Waals surface area contributed by atoms with E-state index in [0.717, 1.165) is 33.0 Å². The summed E-state index contributed by atoms with van der Waals surface area (Å²) in [5.74, 6) is -0.215. The summed E-state index contributed by atoms with van der Waals surface area (Å²) in [7, 11) is 0. The second-order valence-corrected chi connectivity index (χ2v) is 6.69. The molecule has 4 aromatic carbocycles. The molecule has 0 heterocycles. The molecule has 2 heteroatoms. The first kappa shape index (κ1) is 15.1. The average Bonchev–Trinajstić information content (AvgIpc) is 2.95. The van der Waals surface area contributed by atoms with Crippen molar-refractivity contribution < 1.29 is 9.90 Å². The number of aliphatic hydroxyl groups is 1. The second-order valence-electron chi connectivity index (χ2n) is 6.69. The summed E-state index contributed by atoms with van der Waals surface area (Å²) in [4.78, 5) is 12.7. The van der Waals surface area contributed by atoms with Crippen LogP contribution < -0.4 is 0 Å². The Morgan fingerprint density at radius 1 is 0.654 bits per heavy atom. The third-order valence-corrected chi connectivity index (χ3v) is 5.10. The van der Waals surface area contributed by atoms with Crippen LogP contribution in [0.3, 0.4) is 0 Å². The molecule has 1 unspecified atom stereocenters. The summed E-state index contributed by atoms with van der Waals surface area (Å²) in [6, 6.07) is 28.1. The van der Waals surface area contributed by atoms with Crippen LogP contribution in [-0.4, -0.2) is 10.9 Å². The van der Waals surface area contributed by atoms with E-state index >= 15 is 0 Å². The third-order valence-electron chi connectivity index (χ3n) is 5.10. The van der Waals surface area contributed by atoms with E-state index in [9.17, 15) is 9.90 Å². The molecule has 0 fully saturated rings. The number of aliphatic hydroxyl groups excluding tert-OH is 1. The number of Topliss-reactive ketones (excluding diaryl/α,β-unsaturated/α-hetero) is 1. The van der Waals surface area contributed by atoms with Gasteiger partial charge in [0, 0.05) is 5.56 Å². The highest BCUT2D eigenvalue weighted by atomic mass is 16.3. The fourth-order valence-electron chi connectivity index (χ4n) is 3.84. The molecule has 26 heavy (non-hydrogen) atoms. The number of benzene rings is 4. The minimum Gasteiger partial charge on any atom is -0.380 e. The lowest BCUT2D eigenvalue weighted by molar-refractivity contribution is 0.0766. The van der Waals surface area contributed by atoms with E-state index in [4.69, 9.17) is 0 Å². The molecule has 1 aliphatic rings. The Hall–Kier alpha value is -3.23. The molecule has 1 atom stereocenters. The van der Waals surface area contributed by atoms with Crippen LogP contribution in [-0.2, 0) is 0 Å². The van der Waals surface area contributed by atoms with Gasteiger partial charge in [0.05, 0.1) is 0 Å². The molecule has 1 N–H and O–H groups in total. The van der Waals surface area contributed by atoms with Crippen molar-refractivity contribution in [1.29, 1.82) is 0 Å². The van der Waals surface area contributed by atoms with E-state index in [0.29, 0.717) is 11.1 Å². The van der Waals surface area contributed by atoms with Gasteiger partial charge in [0.25, 0.3) is 0 Å². The van der Waals surface area contributed by atoms with Gasteiger partial charge in [0.2, 0.25) is 0 Å². The maximum Gasteiger partial charge on any atom is 0.196 e. The van der Waals surface area contributed by atoms with Gasteiger partial charge in [-0.3, -0.25) is 4.79 Å². The van der Waals surface area contributed by atoms with Crippen LogP contribution in [0, 0.1) is 0 Å². The van der Waals surface area contributed by atoms with Crippen LogP contribution in [0.15, 0.2) is 84.9 Å². The molecule has 124 valence electrons. The Morgan fingerprint density at radius 3 is 1.77 bits per heavy atom. The zero-order chi connectivity index (χ0) is 17.7. The minimum absolute atomic E-state index is 0.215. The summed E-state index contributed by atoms with van der Waals surface area (Å²) in [6.07, 6.45) is -1.08. The zero-order valence-electron chi connectivity index (χ0n) is 14.0. The van der Waals surface area contributed by atoms with Crippen LogP contribution in [0.1, 0.15) is 22.0 Å². The monoisotopic (exact) mass is 336 g/mol. The molecule has 0 aromatic heterocycles. The number of carbonyl (C=O) groups is 1. The lowest BCUT2D eigenvalue weighted by atomic mass is 9.94. The fraction of sp³-hybridized carbons (Fsp3) is 0.0417. The Balaban J connectivity index is 1.82. The zero-order valence-corrected chi connectivity index (χ0v) is 14.0. The highest BCUT2D eigenvalue weighted by Crippen LogP contribution is 2.42. The summed E-state index contributed by atoms with van der Waals surface area (Å²) >= 11 is 0. The maximum atomic E-state index is 12.7. The van der Waals surface area contributed by atoms with Crippen molar-refractivity contribution in [2.24, 2.45) is 0 Å². The molecule has 1 aliphatic carbocycles. The number of rotatable bonds is 2. The Kier molecular flexibility index (Phi) is 3.27. The molecule has 0 aliphatic heterocycles. The van der Waals surface area contributed by atoms with Crippen molar-refractivity contribution in [1.82, 2.24) is 0 Å². The molecule has 0 radical (unpaired) electrons. The summed E-state index contributed by atoms with van der Waals surface area (Å²) < 4.78 is 0. The van der Waals surface area contributed by atoms with Gasteiger partial charge in [-0.25, -0.2) is 0 Å². The largest absolute Gasteiger partial charge is 0.380 e. The van der Waals surface area contributed by atoms with Gasteiger partial charge in [0.1, 0.15) is 6.10 Å². The number of carbonyl (C=O) groups excluding carboxylic acids is 1. The SMILES string of the molecule is O=C1c2cc(-c3ccccc3)cc3cc(-c4ccccc4)cc(c23)C1O. The van der Waals surface area contributed by atoms with Crippen molar-refractivity contribution in [3.05, 3.63) is 96.1 Å². The van der Waals surface area contributed by atoms with E-state index in [1.807, 2.05) is 72.8 Å². The van der Waals surface area contributed by atoms with E-state index < -0.39 is 6.10 Å². The van der Waals surface area contributed by atoms with Gasteiger partial charge in [-0.2, -0.15) is 0 Å². The standard InChI is InChI=1S/C24H16O2/c25-23-20-13-17(15-7-3-1-4-8-15)11-19-12-18(16-9-5-2-6-10-16)14-21(22(19)20)24(23)26/h1-14,23,25H. The first-order valence-corrected chi connectivity index (χ1v) is 8.67. The summed E-state index contributed by atoms with van der Waals surface area (Å²) in [5.41, 5.74) is 5.46. The third kappa shape index (κ3) is 2.20. The molecule has 2 nitrogen and oxygen atoms in total. The van der Waals surface area contributed by atoms with Gasteiger partial charge in [-0.15, -0.1) is 0 Å². The van der Waals surface area contributed by atoms with E-state index in [2.05, 4.69) is 12.1 Å². The second kappa shape index (κ2) is 5.65. The summed E-state index contributed by atoms with van der Waals surface area (Å²) in [5, 5.41) is 12.4. The molecule has 0 saturated carbocycles. The first-order valence-electron chi connectivity index (χ1n) is 8.67. The highest BCUT2D eigenvalue weighted by molar-refractivity contribution is 6.19. The van der Waals surface area contributed by atoms with Crippen LogP contribution in [0.2, 0.25) is 0 Å². The Bertz CT molecular complexity index is 1140. The molecular formula is C24H16O2. The predicted octanol–water partition coefficient (Wildman–Crippen LogP) is 5.40. The quantitative estimate of drug-likeness (QED) is 0.532. The number of ketones is 1. The lowest BCUT2D eigenvalue weighted by Crippen LogP contribution is -2.04. The maximum absolute atomic E-state index is 12.7. The molecule has 0 amide bonds. The molecule has 0 bridgehead atoms. The van der Waals surface area contributed by atoms with Gasteiger partial charge >= 0.3 is 0 Å². The van der Waals surface area contributed by atoms with Gasteiger partial charge < -0.3 is 5.11 Å². The van der Waals surface area contributed by atoms with Crippen molar-refractivity contribution >= 4 is 16.6 Å². The van der Waals surface area contributed by atoms with Crippen molar-refractivity contribution in [2.45, 2.75) is 6.10 Å². The fourth-order valence-corrected chi connectivity index (χ4v) is 3.84. The van der Waals surface area contributed by atoms with E-state index in [1.165, 1.54) is 0 Å². The highest BCUT2D eigenvalue weighted by Gasteiger charge is 2.32. The van der Waals surface area contributed by atoms with E-state index in [-0.39, 0.29) is 5.78 Å². The van der Waals surface area contributed by atoms with Gasteiger partial charge in [-0.05, 0) is 62.9 Å². The Morgan fingerprint density at radius 2 is 1.19 bits per heavy atom. The molecular weight excluding hydrogens is 320 g/mol. The van der Waals surface area contributed by atoms with Crippen molar-refractivity contribution in [2.75, 3.05) is 0 Å². The molecule has 0 saturated heterocycles. The number of hydrogen-bond donors (Lipinski definition) is 1. The predicted molar refractivity (Wildman–Crippen MR) is 104 cm³/mol. The van der Waals surface area contributed by atoms with E-state index in [1.54, 1.807) is 0 Å². The van der Waals surface area contributed by atoms with Crippen LogP contribution >= 0.6 is 0 Å². The van der Waals surface area contributed by atoms with Crippen LogP contribution in [0.4, 0.5) is 0 Å². The summed E-state index contributed by atoms with van der Waals surface area (Å²) in [6.45, 7) is 0. The van der Waals surface area contributed by atoms with Crippen molar-refractivity contribution in [3.8, 4) is 22.3 Å². The Labute approximate surface area is 151 Å². The smallest absolute Gasteiger partial charge is 0.196 e. The molecule has 0 spiro atoms. The van der Waals surface area contributed by atoms with Crippen LogP contribution in [0.25, 0.3) is 33.0 Å². The van der Waals surface area contributed by atoms with Gasteiger partial charge in [-0.1, -0.05) is 60.7 Å². The average molecular weight is 336 g/mol. The minimum atomic E-state index is -1.08. The van der Waals surface area contributed by atoms with Crippen molar-refractivity contribution in [3.63, 3.8) is 0 Å². The number of hydrogen-bond acceptors (Lipinski definition) is 2. The molecule has 5 rings (SSSR count). The normalized spacial score (nSPS) is 15.6. The lowest BCUT2D eigenvalue weighted by Gasteiger charge is -2.10. The van der Waals surface area contributed by atoms with Gasteiger partial charge in [0.15, 0.2) is 5.78 Å². The molecule has 4 aromatic rings.